The molecule has 0 amide bonds. The minimum Gasteiger partial charge on any atom is -0.481 e. The van der Waals surface area contributed by atoms with Gasteiger partial charge in [0.1, 0.15) is 22.7 Å². The summed E-state index contributed by atoms with van der Waals surface area (Å²) >= 11 is 0. The number of methoxy groups -OCH3 is 1. The molecule has 0 bridgehead atoms. The number of hydrogen-bond donors (Lipinski definition) is 2. The Morgan fingerprint density at radius 3 is 2.54 bits per heavy atom. The van der Waals surface area contributed by atoms with Crippen LogP contribution in [0.2, 0.25) is 0 Å². The molecular weight excluding hydrogens is 655 g/mol. The van der Waals surface area contributed by atoms with Crippen molar-refractivity contribution in [1.82, 2.24) is 34.8 Å². The first-order valence-electron chi connectivity index (χ1n) is 16.7. The van der Waals surface area contributed by atoms with Gasteiger partial charge in [0.25, 0.3) is 0 Å². The zero-order chi connectivity index (χ0) is 35.6. The zero-order valence-corrected chi connectivity index (χ0v) is 28.6. The van der Waals surface area contributed by atoms with Crippen LogP contribution in [0.5, 0.6) is 5.88 Å². The van der Waals surface area contributed by atoms with Crippen LogP contribution < -0.4 is 14.5 Å². The number of rotatable bonds is 13. The molecule has 0 spiro atoms. The molecule has 268 valence electrons. The largest absolute Gasteiger partial charge is 0.481 e. The highest BCUT2D eigenvalue weighted by Gasteiger charge is 2.39. The molecule has 0 aromatic carbocycles. The molecule has 1 saturated heterocycles. The summed E-state index contributed by atoms with van der Waals surface area (Å²) in [6, 6.07) is 4.31. The number of carboxylic acid groups (broad SMARTS) is 1. The maximum atomic E-state index is 13.9. The molecule has 0 radical (unpaired) electrons. The maximum absolute atomic E-state index is 13.9. The van der Waals surface area contributed by atoms with Crippen LogP contribution in [0, 0.1) is 5.41 Å². The Hall–Kier alpha value is -4.57. The van der Waals surface area contributed by atoms with E-state index in [0.717, 1.165) is 25.3 Å². The van der Waals surface area contributed by atoms with Gasteiger partial charge in [0.2, 0.25) is 5.88 Å². The first-order valence-corrected chi connectivity index (χ1v) is 16.7. The molecule has 1 aliphatic heterocycles. The number of alkyl halides is 3. The van der Waals surface area contributed by atoms with Crippen molar-refractivity contribution in [2.75, 3.05) is 69.9 Å². The first kappa shape index (κ1) is 35.3. The number of aromatic nitrogens is 6. The number of aromatic amines is 1. The van der Waals surface area contributed by atoms with Crippen molar-refractivity contribution in [2.45, 2.75) is 51.7 Å². The number of carbonyl (C=O) groups is 1. The molecule has 0 unspecified atom stereocenters. The Bertz CT molecular complexity index is 1810. The number of nitrogens with one attached hydrogen (secondary N) is 1. The highest BCUT2D eigenvalue weighted by Crippen LogP contribution is 2.43. The van der Waals surface area contributed by atoms with Gasteiger partial charge in [-0.2, -0.15) is 13.2 Å². The molecular formula is C34H42F3N9O4. The monoisotopic (exact) mass is 697 g/mol. The van der Waals surface area contributed by atoms with Crippen molar-refractivity contribution in [3.05, 3.63) is 36.3 Å². The molecule has 4 aromatic rings. The fourth-order valence-corrected chi connectivity index (χ4v) is 6.90. The predicted octanol–water partition coefficient (Wildman–Crippen LogP) is 5.13. The Kier molecular flexibility index (Phi) is 10.1. The van der Waals surface area contributed by atoms with Gasteiger partial charge in [0.05, 0.1) is 43.4 Å². The molecule has 50 heavy (non-hydrogen) atoms. The van der Waals surface area contributed by atoms with Crippen molar-refractivity contribution in [3.63, 3.8) is 0 Å². The number of H-pyrrole nitrogens is 1. The summed E-state index contributed by atoms with van der Waals surface area (Å²) in [5, 5.41) is 9.04. The summed E-state index contributed by atoms with van der Waals surface area (Å²) in [5.41, 5.74) is 1.51. The van der Waals surface area contributed by atoms with E-state index >= 15 is 0 Å². The molecule has 16 heteroatoms. The lowest BCUT2D eigenvalue weighted by Crippen LogP contribution is -2.52. The number of piperazine rings is 1. The maximum Gasteiger partial charge on any atom is 0.433 e. The average Bonchev–Trinajstić information content (AvgIpc) is 3.50. The number of imidazole rings is 1. The van der Waals surface area contributed by atoms with Gasteiger partial charge in [-0.15, -0.1) is 0 Å². The normalized spacial score (nSPS) is 17.9. The van der Waals surface area contributed by atoms with Crippen LogP contribution in [-0.4, -0.2) is 112 Å². The van der Waals surface area contributed by atoms with E-state index in [1.165, 1.54) is 6.07 Å². The van der Waals surface area contributed by atoms with Gasteiger partial charge >= 0.3 is 12.1 Å². The number of carboxylic acids is 1. The van der Waals surface area contributed by atoms with Crippen molar-refractivity contribution < 1.29 is 32.5 Å². The van der Waals surface area contributed by atoms with Crippen LogP contribution in [0.4, 0.5) is 24.7 Å². The third-order valence-electron chi connectivity index (χ3n) is 9.50. The SMILES string of the molecule is CCOc1cc(-c2cc(N(C)CC3(COC)CCC3)c3[nH]c(-c4cnc(N5CCN(CCC(=O)O)C[C@H]5C)cn4)nc3n2)cc(C(F)(F)F)n1. The van der Waals surface area contributed by atoms with Crippen LogP contribution >= 0.6 is 0 Å². The summed E-state index contributed by atoms with van der Waals surface area (Å²) in [6.07, 6.45) is 1.87. The van der Waals surface area contributed by atoms with Crippen molar-refractivity contribution in [2.24, 2.45) is 5.41 Å². The number of aliphatic carboxylic acids is 1. The van der Waals surface area contributed by atoms with Gasteiger partial charge in [-0.1, -0.05) is 6.42 Å². The number of fused-ring (bicyclic) bond motifs is 1. The lowest BCUT2D eigenvalue weighted by atomic mass is 9.69. The number of halogens is 3. The van der Waals surface area contributed by atoms with E-state index in [2.05, 4.69) is 41.6 Å². The average molecular weight is 698 g/mol. The molecule has 6 rings (SSSR count). The van der Waals surface area contributed by atoms with Gasteiger partial charge in [-0.05, 0) is 38.8 Å². The minimum absolute atomic E-state index is 0.0372. The summed E-state index contributed by atoms with van der Waals surface area (Å²) in [5.74, 6) is 0.162. The second kappa shape index (κ2) is 14.3. The van der Waals surface area contributed by atoms with Gasteiger partial charge in [0.15, 0.2) is 11.5 Å². The Morgan fingerprint density at radius 2 is 1.92 bits per heavy atom. The fourth-order valence-electron chi connectivity index (χ4n) is 6.90. The molecule has 4 aromatic heterocycles. The molecule has 1 saturated carbocycles. The molecule has 5 heterocycles. The van der Waals surface area contributed by atoms with Crippen LogP contribution in [-0.2, 0) is 15.7 Å². The van der Waals surface area contributed by atoms with E-state index in [0.29, 0.717) is 79.2 Å². The highest BCUT2D eigenvalue weighted by atomic mass is 19.4. The fraction of sp³-hybridized carbons (Fsp3) is 0.529. The van der Waals surface area contributed by atoms with Crippen LogP contribution in [0.15, 0.2) is 30.6 Å². The molecule has 1 atom stereocenters. The molecule has 1 aliphatic carbocycles. The summed E-state index contributed by atoms with van der Waals surface area (Å²) < 4.78 is 52.6. The van der Waals surface area contributed by atoms with E-state index < -0.39 is 17.8 Å². The van der Waals surface area contributed by atoms with Gasteiger partial charge in [-0.3, -0.25) is 9.69 Å². The molecule has 13 nitrogen and oxygen atoms in total. The van der Waals surface area contributed by atoms with Crippen LogP contribution in [0.25, 0.3) is 33.9 Å². The standard InChI is InChI=1S/C34H42F3N9O4/c1-5-50-28-14-22(13-26(41-28)34(35,36)37)23-15-25(44(3)19-33(20-49-4)8-6-9-33)30-32(40-23)43-31(42-30)24-16-39-27(17-38-24)46-12-11-45(18-21(46)2)10-7-29(47)48/h13-17,21H,5-12,18-20H2,1-4H3,(H,47,48)(H,40,42,43)/t21-/m1/s1. The highest BCUT2D eigenvalue weighted by molar-refractivity contribution is 5.91. The van der Waals surface area contributed by atoms with Crippen LogP contribution in [0.1, 0.15) is 45.2 Å². The summed E-state index contributed by atoms with van der Waals surface area (Å²) in [6.45, 7) is 7.78. The third-order valence-corrected chi connectivity index (χ3v) is 9.50. The predicted molar refractivity (Wildman–Crippen MR) is 181 cm³/mol. The van der Waals surface area contributed by atoms with Gasteiger partial charge in [-0.25, -0.2) is 24.9 Å². The third kappa shape index (κ3) is 7.60. The topological polar surface area (TPSA) is 146 Å². The summed E-state index contributed by atoms with van der Waals surface area (Å²) in [4.78, 5) is 43.2. The smallest absolute Gasteiger partial charge is 0.433 e. The first-order chi connectivity index (χ1) is 23.9. The number of ether oxygens (including phenoxy) is 2. The number of pyridine rings is 2. The second-order valence-electron chi connectivity index (χ2n) is 13.2. The van der Waals surface area contributed by atoms with Gasteiger partial charge < -0.3 is 29.4 Å². The lowest BCUT2D eigenvalue weighted by molar-refractivity contribution is -0.141. The van der Waals surface area contributed by atoms with E-state index in [-0.39, 0.29) is 35.9 Å². The lowest BCUT2D eigenvalue weighted by Gasteiger charge is -2.44. The van der Waals surface area contributed by atoms with E-state index in [4.69, 9.17) is 24.5 Å². The van der Waals surface area contributed by atoms with E-state index in [9.17, 15) is 18.0 Å². The second-order valence-corrected chi connectivity index (χ2v) is 13.2. The number of anilines is 2. The number of nitrogens with zero attached hydrogens (tertiary/aromatic N) is 8. The van der Waals surface area contributed by atoms with Crippen LogP contribution in [0.3, 0.4) is 0 Å². The Labute approximate surface area is 287 Å². The van der Waals surface area contributed by atoms with Gasteiger partial charge in [0, 0.05) is 70.0 Å². The molecule has 2 aliphatic rings. The quantitative estimate of drug-likeness (QED) is 0.191. The molecule has 2 fully saturated rings. The number of hydrogen-bond acceptors (Lipinski definition) is 11. The Balaban J connectivity index is 1.35. The zero-order valence-electron chi connectivity index (χ0n) is 28.6. The Morgan fingerprint density at radius 1 is 1.12 bits per heavy atom. The van der Waals surface area contributed by atoms with E-state index in [1.54, 1.807) is 32.5 Å². The minimum atomic E-state index is -4.68. The summed E-state index contributed by atoms with van der Waals surface area (Å²) in [7, 11) is 3.64. The van der Waals surface area contributed by atoms with Crippen molar-refractivity contribution >= 4 is 28.6 Å². The molecule has 2 N–H and O–H groups in total. The van der Waals surface area contributed by atoms with Crippen molar-refractivity contribution in [1.29, 1.82) is 0 Å². The van der Waals surface area contributed by atoms with E-state index in [1.807, 2.05) is 7.05 Å². The van der Waals surface area contributed by atoms with Crippen molar-refractivity contribution in [3.8, 4) is 28.7 Å².